The number of ether oxygens (including phenoxy) is 1. The smallest absolute Gasteiger partial charge is 0.193 e. The standard InChI is InChI=1S/C14H28N4O/c1-12(2)10-16-14(15-3)18-5-4-13(11-18)17-6-8-19-9-7-17/h12-13H,4-11H2,1-3H3,(H,15,16). The first kappa shape index (κ1) is 14.6. The fourth-order valence-electron chi connectivity index (χ4n) is 2.80. The van der Waals surface area contributed by atoms with Crippen LogP contribution in [0.2, 0.25) is 0 Å². The summed E-state index contributed by atoms with van der Waals surface area (Å²) in [5.74, 6) is 1.71. The van der Waals surface area contributed by atoms with Crippen molar-refractivity contribution in [3.63, 3.8) is 0 Å². The van der Waals surface area contributed by atoms with Crippen molar-refractivity contribution < 1.29 is 4.74 Å². The second kappa shape index (κ2) is 7.10. The van der Waals surface area contributed by atoms with E-state index in [1.165, 1.54) is 6.42 Å². The Bertz CT molecular complexity index is 300. The fourth-order valence-corrected chi connectivity index (χ4v) is 2.80. The van der Waals surface area contributed by atoms with Gasteiger partial charge in [0.1, 0.15) is 0 Å². The van der Waals surface area contributed by atoms with Gasteiger partial charge in [0.25, 0.3) is 0 Å². The number of nitrogens with one attached hydrogen (secondary N) is 1. The van der Waals surface area contributed by atoms with Crippen molar-refractivity contribution in [1.29, 1.82) is 0 Å². The predicted molar refractivity (Wildman–Crippen MR) is 78.6 cm³/mol. The summed E-state index contributed by atoms with van der Waals surface area (Å²) in [4.78, 5) is 9.37. The van der Waals surface area contributed by atoms with Gasteiger partial charge in [-0.05, 0) is 12.3 Å². The molecule has 0 aromatic heterocycles. The van der Waals surface area contributed by atoms with Crippen molar-refractivity contribution in [3.8, 4) is 0 Å². The van der Waals surface area contributed by atoms with Gasteiger partial charge in [0.2, 0.25) is 0 Å². The van der Waals surface area contributed by atoms with Crippen molar-refractivity contribution in [2.45, 2.75) is 26.3 Å². The number of hydrogen-bond donors (Lipinski definition) is 1. The quantitative estimate of drug-likeness (QED) is 0.602. The molecule has 0 aromatic rings. The molecule has 2 fully saturated rings. The monoisotopic (exact) mass is 268 g/mol. The second-order valence-corrected chi connectivity index (χ2v) is 5.86. The molecule has 1 atom stereocenters. The lowest BCUT2D eigenvalue weighted by Crippen LogP contribution is -2.47. The molecule has 5 nitrogen and oxygen atoms in total. The first-order valence-corrected chi connectivity index (χ1v) is 7.48. The van der Waals surface area contributed by atoms with Gasteiger partial charge in [0, 0.05) is 45.8 Å². The molecule has 0 amide bonds. The molecule has 2 heterocycles. The molecule has 0 bridgehead atoms. The lowest BCUT2D eigenvalue weighted by molar-refractivity contribution is 0.0195. The average molecular weight is 268 g/mol. The van der Waals surface area contributed by atoms with Crippen LogP contribution in [0.5, 0.6) is 0 Å². The summed E-state index contributed by atoms with van der Waals surface area (Å²) in [6.07, 6.45) is 1.24. The Morgan fingerprint density at radius 3 is 2.68 bits per heavy atom. The highest BCUT2D eigenvalue weighted by atomic mass is 16.5. The zero-order valence-corrected chi connectivity index (χ0v) is 12.6. The lowest BCUT2D eigenvalue weighted by Gasteiger charge is -2.32. The summed E-state index contributed by atoms with van der Waals surface area (Å²) < 4.78 is 5.43. The Morgan fingerprint density at radius 2 is 2.05 bits per heavy atom. The van der Waals surface area contributed by atoms with E-state index in [-0.39, 0.29) is 0 Å². The third-order valence-electron chi connectivity index (χ3n) is 3.91. The zero-order valence-electron chi connectivity index (χ0n) is 12.6. The normalized spacial score (nSPS) is 26.2. The fraction of sp³-hybridized carbons (Fsp3) is 0.929. The number of rotatable bonds is 3. The van der Waals surface area contributed by atoms with E-state index in [1.54, 1.807) is 0 Å². The van der Waals surface area contributed by atoms with Gasteiger partial charge in [-0.1, -0.05) is 13.8 Å². The van der Waals surface area contributed by atoms with E-state index in [9.17, 15) is 0 Å². The topological polar surface area (TPSA) is 40.1 Å². The Kier molecular flexibility index (Phi) is 5.45. The van der Waals surface area contributed by atoms with E-state index in [2.05, 4.69) is 34.0 Å². The predicted octanol–water partition coefficient (Wildman–Crippen LogP) is 0.624. The third-order valence-corrected chi connectivity index (χ3v) is 3.91. The van der Waals surface area contributed by atoms with Gasteiger partial charge < -0.3 is 15.0 Å². The highest BCUT2D eigenvalue weighted by Gasteiger charge is 2.30. The number of morpholine rings is 1. The minimum absolute atomic E-state index is 0.648. The van der Waals surface area contributed by atoms with Gasteiger partial charge in [-0.3, -0.25) is 9.89 Å². The largest absolute Gasteiger partial charge is 0.379 e. The van der Waals surface area contributed by atoms with E-state index in [0.717, 1.165) is 51.9 Å². The van der Waals surface area contributed by atoms with Crippen molar-refractivity contribution in [2.24, 2.45) is 10.9 Å². The minimum Gasteiger partial charge on any atom is -0.379 e. The Morgan fingerprint density at radius 1 is 1.32 bits per heavy atom. The summed E-state index contributed by atoms with van der Waals surface area (Å²) in [6.45, 7) is 11.6. The van der Waals surface area contributed by atoms with Crippen LogP contribution in [-0.4, -0.2) is 74.8 Å². The molecule has 110 valence electrons. The third kappa shape index (κ3) is 4.08. The van der Waals surface area contributed by atoms with E-state index in [4.69, 9.17) is 4.74 Å². The van der Waals surface area contributed by atoms with Crippen molar-refractivity contribution in [3.05, 3.63) is 0 Å². The van der Waals surface area contributed by atoms with Crippen LogP contribution in [0.3, 0.4) is 0 Å². The Labute approximate surface area is 117 Å². The summed E-state index contributed by atoms with van der Waals surface area (Å²) >= 11 is 0. The molecule has 0 aliphatic carbocycles. The molecule has 0 saturated carbocycles. The first-order chi connectivity index (χ1) is 9.20. The average Bonchev–Trinajstić information content (AvgIpc) is 2.90. The minimum atomic E-state index is 0.648. The molecule has 2 aliphatic heterocycles. The van der Waals surface area contributed by atoms with Crippen LogP contribution in [0.25, 0.3) is 0 Å². The van der Waals surface area contributed by atoms with Gasteiger partial charge in [-0.2, -0.15) is 0 Å². The number of aliphatic imine (C=N–C) groups is 1. The lowest BCUT2D eigenvalue weighted by atomic mass is 10.2. The molecule has 0 radical (unpaired) electrons. The van der Waals surface area contributed by atoms with Gasteiger partial charge in [-0.25, -0.2) is 0 Å². The molecular weight excluding hydrogens is 240 g/mol. The maximum absolute atomic E-state index is 5.43. The highest BCUT2D eigenvalue weighted by Crippen LogP contribution is 2.17. The number of nitrogens with zero attached hydrogens (tertiary/aromatic N) is 3. The second-order valence-electron chi connectivity index (χ2n) is 5.86. The molecule has 5 heteroatoms. The van der Waals surface area contributed by atoms with Gasteiger partial charge in [0.05, 0.1) is 13.2 Å². The van der Waals surface area contributed by atoms with Crippen molar-refractivity contribution in [1.82, 2.24) is 15.1 Å². The van der Waals surface area contributed by atoms with Crippen LogP contribution in [0, 0.1) is 5.92 Å². The molecule has 2 saturated heterocycles. The van der Waals surface area contributed by atoms with Crippen molar-refractivity contribution in [2.75, 3.05) is 53.0 Å². The molecule has 2 aliphatic rings. The SMILES string of the molecule is CN=C(NCC(C)C)N1CCC(N2CCOCC2)C1. The summed E-state index contributed by atoms with van der Waals surface area (Å²) in [6, 6.07) is 0.668. The maximum atomic E-state index is 5.43. The van der Waals surface area contributed by atoms with Crippen LogP contribution in [0.4, 0.5) is 0 Å². The van der Waals surface area contributed by atoms with Crippen molar-refractivity contribution >= 4 is 5.96 Å². The number of likely N-dealkylation sites (tertiary alicyclic amines) is 1. The van der Waals surface area contributed by atoms with E-state index in [0.29, 0.717) is 12.0 Å². The van der Waals surface area contributed by atoms with Gasteiger partial charge >= 0.3 is 0 Å². The maximum Gasteiger partial charge on any atom is 0.193 e. The number of guanidine groups is 1. The Hall–Kier alpha value is -0.810. The van der Waals surface area contributed by atoms with E-state index < -0.39 is 0 Å². The molecule has 0 spiro atoms. The molecule has 2 rings (SSSR count). The highest BCUT2D eigenvalue weighted by molar-refractivity contribution is 5.80. The van der Waals surface area contributed by atoms with Crippen LogP contribution in [0.1, 0.15) is 20.3 Å². The molecule has 1 unspecified atom stereocenters. The molecule has 19 heavy (non-hydrogen) atoms. The van der Waals surface area contributed by atoms with Crippen LogP contribution in [-0.2, 0) is 4.74 Å². The summed E-state index contributed by atoms with van der Waals surface area (Å²) in [5, 5.41) is 3.47. The number of hydrogen-bond acceptors (Lipinski definition) is 3. The summed E-state index contributed by atoms with van der Waals surface area (Å²) in [7, 11) is 1.88. The van der Waals surface area contributed by atoms with E-state index >= 15 is 0 Å². The van der Waals surface area contributed by atoms with Gasteiger partial charge in [0.15, 0.2) is 5.96 Å². The first-order valence-electron chi connectivity index (χ1n) is 7.48. The van der Waals surface area contributed by atoms with Crippen LogP contribution >= 0.6 is 0 Å². The molecule has 1 N–H and O–H groups in total. The van der Waals surface area contributed by atoms with E-state index in [1.807, 2.05) is 7.05 Å². The molecule has 0 aromatic carbocycles. The van der Waals surface area contributed by atoms with Crippen LogP contribution < -0.4 is 5.32 Å². The summed E-state index contributed by atoms with van der Waals surface area (Å²) in [5.41, 5.74) is 0. The zero-order chi connectivity index (χ0) is 13.7. The van der Waals surface area contributed by atoms with Crippen LogP contribution in [0.15, 0.2) is 4.99 Å². The Balaban J connectivity index is 1.82. The molecular formula is C14H28N4O. The van der Waals surface area contributed by atoms with Gasteiger partial charge in [-0.15, -0.1) is 0 Å².